The molecule has 1 aromatic rings. The molecule has 0 bridgehead atoms. The van der Waals surface area contributed by atoms with Gasteiger partial charge in [0.05, 0.1) is 25.9 Å². The molecule has 0 radical (unpaired) electrons. The van der Waals surface area contributed by atoms with E-state index in [4.69, 9.17) is 4.74 Å². The molecule has 1 unspecified atom stereocenters. The molecule has 1 aliphatic heterocycles. The third kappa shape index (κ3) is 2.96. The lowest BCUT2D eigenvalue weighted by atomic mass is 10.3. The Hall–Kier alpha value is -0.740. The summed E-state index contributed by atoms with van der Waals surface area (Å²) in [6.45, 7) is 0.427. The molecule has 112 valence electrons. The summed E-state index contributed by atoms with van der Waals surface area (Å²) in [6.07, 6.45) is 1.52. The van der Waals surface area contributed by atoms with E-state index in [0.717, 1.165) is 0 Å². The molecular formula is C11H16BrN3O4S. The third-order valence-corrected chi connectivity index (χ3v) is 5.43. The zero-order valence-corrected chi connectivity index (χ0v) is 13.3. The molecule has 1 atom stereocenters. The molecule has 1 aliphatic rings. The highest BCUT2D eigenvalue weighted by Crippen LogP contribution is 2.27. The molecule has 1 aromatic heterocycles. The first-order valence-electron chi connectivity index (χ1n) is 6.04. The van der Waals surface area contributed by atoms with E-state index in [-0.39, 0.29) is 30.5 Å². The molecule has 1 saturated heterocycles. The minimum atomic E-state index is -3.75. The maximum absolute atomic E-state index is 12.7. The SMILES string of the molecule is CNc1ncc(Br)cc1S(=O)(=O)N1CCOCC1CO. The van der Waals surface area contributed by atoms with Crippen molar-refractivity contribution in [1.29, 1.82) is 0 Å². The number of sulfonamides is 1. The summed E-state index contributed by atoms with van der Waals surface area (Å²) in [7, 11) is -2.14. The van der Waals surface area contributed by atoms with Crippen molar-refractivity contribution in [1.82, 2.24) is 9.29 Å². The zero-order chi connectivity index (χ0) is 14.8. The Morgan fingerprint density at radius 3 is 3.05 bits per heavy atom. The van der Waals surface area contributed by atoms with Crippen LogP contribution in [-0.2, 0) is 14.8 Å². The van der Waals surface area contributed by atoms with Crippen molar-refractivity contribution in [3.8, 4) is 0 Å². The van der Waals surface area contributed by atoms with Gasteiger partial charge in [0.15, 0.2) is 0 Å². The maximum atomic E-state index is 12.7. The van der Waals surface area contributed by atoms with Crippen molar-refractivity contribution in [2.75, 3.05) is 38.7 Å². The van der Waals surface area contributed by atoms with E-state index in [2.05, 4.69) is 26.2 Å². The van der Waals surface area contributed by atoms with Crippen molar-refractivity contribution in [2.24, 2.45) is 0 Å². The maximum Gasteiger partial charge on any atom is 0.247 e. The molecule has 2 N–H and O–H groups in total. The van der Waals surface area contributed by atoms with Crippen LogP contribution in [0.5, 0.6) is 0 Å². The fourth-order valence-electron chi connectivity index (χ4n) is 2.03. The van der Waals surface area contributed by atoms with Gasteiger partial charge in [-0.2, -0.15) is 4.31 Å². The smallest absolute Gasteiger partial charge is 0.247 e. The van der Waals surface area contributed by atoms with Crippen LogP contribution in [0.25, 0.3) is 0 Å². The summed E-state index contributed by atoms with van der Waals surface area (Å²) >= 11 is 3.23. The molecule has 0 saturated carbocycles. The predicted molar refractivity (Wildman–Crippen MR) is 77.1 cm³/mol. The van der Waals surface area contributed by atoms with Gasteiger partial charge in [-0.3, -0.25) is 0 Å². The number of aromatic nitrogens is 1. The highest BCUT2D eigenvalue weighted by Gasteiger charge is 2.35. The minimum Gasteiger partial charge on any atom is -0.395 e. The number of anilines is 1. The number of morpholine rings is 1. The van der Waals surface area contributed by atoms with Crippen molar-refractivity contribution >= 4 is 31.8 Å². The third-order valence-electron chi connectivity index (χ3n) is 3.03. The topological polar surface area (TPSA) is 91.8 Å². The first-order chi connectivity index (χ1) is 9.50. The number of hydrogen-bond donors (Lipinski definition) is 2. The standard InChI is InChI=1S/C11H16BrN3O4S/c1-13-11-10(4-8(12)5-14-11)20(17,18)15-2-3-19-7-9(15)6-16/h4-5,9,16H,2-3,6-7H2,1H3,(H,13,14). The van der Waals surface area contributed by atoms with Crippen molar-refractivity contribution in [3.05, 3.63) is 16.7 Å². The first kappa shape index (κ1) is 15.6. The predicted octanol–water partition coefficient (Wildman–Crippen LogP) is 0.268. The van der Waals surface area contributed by atoms with Gasteiger partial charge in [-0.05, 0) is 22.0 Å². The Labute approximate surface area is 126 Å². The normalized spacial score (nSPS) is 20.9. The van der Waals surface area contributed by atoms with E-state index in [1.807, 2.05) is 0 Å². The molecule has 9 heteroatoms. The zero-order valence-electron chi connectivity index (χ0n) is 10.9. The summed E-state index contributed by atoms with van der Waals surface area (Å²) in [6, 6.07) is 0.926. The lowest BCUT2D eigenvalue weighted by Crippen LogP contribution is -2.50. The van der Waals surface area contributed by atoms with E-state index in [1.165, 1.54) is 16.6 Å². The van der Waals surface area contributed by atoms with Crippen molar-refractivity contribution in [2.45, 2.75) is 10.9 Å². The van der Waals surface area contributed by atoms with Gasteiger partial charge < -0.3 is 15.2 Å². The van der Waals surface area contributed by atoms with Gasteiger partial charge in [0, 0.05) is 24.3 Å². The van der Waals surface area contributed by atoms with E-state index in [0.29, 0.717) is 11.1 Å². The minimum absolute atomic E-state index is 0.0784. The van der Waals surface area contributed by atoms with Crippen molar-refractivity contribution in [3.63, 3.8) is 0 Å². The summed E-state index contributed by atoms with van der Waals surface area (Å²) in [5, 5.41) is 12.1. The summed E-state index contributed by atoms with van der Waals surface area (Å²) in [5.74, 6) is 0.274. The second kappa shape index (κ2) is 6.35. The highest BCUT2D eigenvalue weighted by molar-refractivity contribution is 9.10. The van der Waals surface area contributed by atoms with Gasteiger partial charge in [0.25, 0.3) is 0 Å². The van der Waals surface area contributed by atoms with Crippen LogP contribution in [0.15, 0.2) is 21.6 Å². The molecular weight excluding hydrogens is 350 g/mol. The second-order valence-corrected chi connectivity index (χ2v) is 7.05. The average molecular weight is 366 g/mol. The fraction of sp³-hybridized carbons (Fsp3) is 0.545. The van der Waals surface area contributed by atoms with Gasteiger partial charge in [0.2, 0.25) is 10.0 Å². The van der Waals surface area contributed by atoms with E-state index in [1.54, 1.807) is 7.05 Å². The van der Waals surface area contributed by atoms with E-state index < -0.39 is 16.1 Å². The van der Waals surface area contributed by atoms with Crippen LogP contribution in [0.1, 0.15) is 0 Å². The molecule has 2 heterocycles. The number of aliphatic hydroxyl groups excluding tert-OH is 1. The van der Waals surface area contributed by atoms with E-state index >= 15 is 0 Å². The molecule has 0 aliphatic carbocycles. The van der Waals surface area contributed by atoms with Gasteiger partial charge in [0.1, 0.15) is 10.7 Å². The molecule has 20 heavy (non-hydrogen) atoms. The molecule has 7 nitrogen and oxygen atoms in total. The second-order valence-electron chi connectivity index (χ2n) is 4.28. The lowest BCUT2D eigenvalue weighted by Gasteiger charge is -2.33. The Morgan fingerprint density at radius 1 is 1.65 bits per heavy atom. The Kier molecular flexibility index (Phi) is 4.97. The summed E-state index contributed by atoms with van der Waals surface area (Å²) in [4.78, 5) is 4.13. The number of ether oxygens (including phenoxy) is 1. The highest BCUT2D eigenvalue weighted by atomic mass is 79.9. The van der Waals surface area contributed by atoms with Crippen LogP contribution in [-0.4, -0.2) is 62.3 Å². The Balaban J connectivity index is 2.46. The number of nitrogens with one attached hydrogen (secondary N) is 1. The number of aliphatic hydroxyl groups is 1. The van der Waals surface area contributed by atoms with Crippen LogP contribution >= 0.6 is 15.9 Å². The monoisotopic (exact) mass is 365 g/mol. The fourth-order valence-corrected chi connectivity index (χ4v) is 4.28. The number of pyridine rings is 1. The number of halogens is 1. The van der Waals surface area contributed by atoms with Crippen LogP contribution in [0, 0.1) is 0 Å². The summed E-state index contributed by atoms with van der Waals surface area (Å²) < 4.78 is 32.5. The molecule has 2 rings (SSSR count). The van der Waals surface area contributed by atoms with Gasteiger partial charge in [-0.1, -0.05) is 0 Å². The quantitative estimate of drug-likeness (QED) is 0.795. The van der Waals surface area contributed by atoms with E-state index in [9.17, 15) is 13.5 Å². The number of rotatable bonds is 4. The lowest BCUT2D eigenvalue weighted by molar-refractivity contribution is 0.0109. The first-order valence-corrected chi connectivity index (χ1v) is 8.27. The molecule has 0 spiro atoms. The van der Waals surface area contributed by atoms with Gasteiger partial charge in [-0.15, -0.1) is 0 Å². The Morgan fingerprint density at radius 2 is 2.40 bits per heavy atom. The molecule has 0 aromatic carbocycles. The molecule has 0 amide bonds. The number of hydrogen-bond acceptors (Lipinski definition) is 6. The van der Waals surface area contributed by atoms with Crippen LogP contribution in [0.4, 0.5) is 5.82 Å². The average Bonchev–Trinajstić information content (AvgIpc) is 2.47. The van der Waals surface area contributed by atoms with Gasteiger partial charge in [-0.25, -0.2) is 13.4 Å². The van der Waals surface area contributed by atoms with Gasteiger partial charge >= 0.3 is 0 Å². The van der Waals surface area contributed by atoms with Crippen LogP contribution in [0.2, 0.25) is 0 Å². The largest absolute Gasteiger partial charge is 0.395 e. The number of nitrogens with zero attached hydrogens (tertiary/aromatic N) is 2. The molecule has 1 fully saturated rings. The van der Waals surface area contributed by atoms with Crippen LogP contribution in [0.3, 0.4) is 0 Å². The summed E-state index contributed by atoms with van der Waals surface area (Å²) in [5.41, 5.74) is 0. The van der Waals surface area contributed by atoms with Crippen LogP contribution < -0.4 is 5.32 Å². The van der Waals surface area contributed by atoms with Crippen molar-refractivity contribution < 1.29 is 18.3 Å². The Bertz CT molecular complexity index is 581.